The molecule has 1 aliphatic heterocycles. The highest BCUT2D eigenvalue weighted by Crippen LogP contribution is 2.04. The highest BCUT2D eigenvalue weighted by atomic mass is 16.5. The average molecular weight is 154 g/mol. The normalized spacial score (nSPS) is 24.6. The Morgan fingerprint density at radius 3 is 2.45 bits per heavy atom. The van der Waals surface area contributed by atoms with Crippen LogP contribution in [0.4, 0.5) is 0 Å². The van der Waals surface area contributed by atoms with Gasteiger partial charge in [0, 0.05) is 7.11 Å². The number of hydrogen-bond acceptors (Lipinski definition) is 3. The van der Waals surface area contributed by atoms with Crippen molar-refractivity contribution in [3.8, 4) is 0 Å². The van der Waals surface area contributed by atoms with E-state index in [-0.39, 0.29) is 5.91 Å². The number of hydrogen-bond donors (Lipinski definition) is 0. The molecule has 0 fully saturated rings. The SMILES string of the molecule is COC1C(=O)N=C(C)N=C1C. The van der Waals surface area contributed by atoms with Crippen molar-refractivity contribution in [3.05, 3.63) is 0 Å². The van der Waals surface area contributed by atoms with E-state index in [1.54, 1.807) is 13.8 Å². The van der Waals surface area contributed by atoms with Crippen LogP contribution in [-0.2, 0) is 9.53 Å². The van der Waals surface area contributed by atoms with Crippen molar-refractivity contribution in [2.24, 2.45) is 9.98 Å². The first-order valence-corrected chi connectivity index (χ1v) is 3.32. The van der Waals surface area contributed by atoms with E-state index in [9.17, 15) is 4.79 Å². The first-order valence-electron chi connectivity index (χ1n) is 3.32. The van der Waals surface area contributed by atoms with E-state index in [0.29, 0.717) is 11.5 Å². The third-order valence-corrected chi connectivity index (χ3v) is 1.45. The standard InChI is InChI=1S/C7H10N2O2/c1-4-6(11-3)7(10)9-5(2)8-4/h6H,1-3H3. The van der Waals surface area contributed by atoms with Gasteiger partial charge in [0.25, 0.3) is 5.91 Å². The molecule has 0 aromatic heterocycles. The molecule has 1 amide bonds. The zero-order chi connectivity index (χ0) is 8.43. The van der Waals surface area contributed by atoms with Crippen molar-refractivity contribution in [1.82, 2.24) is 0 Å². The Balaban J connectivity index is 2.91. The van der Waals surface area contributed by atoms with Gasteiger partial charge in [0.1, 0.15) is 5.84 Å². The Kier molecular flexibility index (Phi) is 2.14. The van der Waals surface area contributed by atoms with Crippen LogP contribution in [0.1, 0.15) is 13.8 Å². The minimum atomic E-state index is -0.571. The number of carbonyl (C=O) groups excluding carboxylic acids is 1. The van der Waals surface area contributed by atoms with Gasteiger partial charge in [0.2, 0.25) is 0 Å². The van der Waals surface area contributed by atoms with Crippen molar-refractivity contribution < 1.29 is 9.53 Å². The number of ether oxygens (including phenoxy) is 1. The Labute approximate surface area is 65.0 Å². The summed E-state index contributed by atoms with van der Waals surface area (Å²) < 4.78 is 4.88. The molecule has 0 radical (unpaired) electrons. The van der Waals surface area contributed by atoms with Gasteiger partial charge in [-0.1, -0.05) is 0 Å². The zero-order valence-corrected chi connectivity index (χ0v) is 6.79. The Morgan fingerprint density at radius 2 is 2.00 bits per heavy atom. The second-order valence-electron chi connectivity index (χ2n) is 2.37. The van der Waals surface area contributed by atoms with Crippen molar-refractivity contribution in [1.29, 1.82) is 0 Å². The fourth-order valence-corrected chi connectivity index (χ4v) is 1.01. The van der Waals surface area contributed by atoms with Crippen molar-refractivity contribution in [2.75, 3.05) is 7.11 Å². The fourth-order valence-electron chi connectivity index (χ4n) is 1.01. The molecule has 0 bridgehead atoms. The third kappa shape index (κ3) is 1.51. The molecule has 60 valence electrons. The second-order valence-corrected chi connectivity index (χ2v) is 2.37. The van der Waals surface area contributed by atoms with Gasteiger partial charge in [-0.25, -0.2) is 4.99 Å². The predicted molar refractivity (Wildman–Crippen MR) is 42.0 cm³/mol. The zero-order valence-electron chi connectivity index (χ0n) is 6.79. The minimum absolute atomic E-state index is 0.266. The van der Waals surface area contributed by atoms with Gasteiger partial charge in [0.05, 0.1) is 5.71 Å². The van der Waals surface area contributed by atoms with E-state index in [0.717, 1.165) is 0 Å². The number of amidine groups is 1. The van der Waals surface area contributed by atoms with Crippen molar-refractivity contribution in [3.63, 3.8) is 0 Å². The number of methoxy groups -OCH3 is 1. The summed E-state index contributed by atoms with van der Waals surface area (Å²) in [6.07, 6.45) is -0.571. The Bertz CT molecular complexity index is 243. The summed E-state index contributed by atoms with van der Waals surface area (Å²) in [6.45, 7) is 3.44. The van der Waals surface area contributed by atoms with Crippen LogP contribution >= 0.6 is 0 Å². The summed E-state index contributed by atoms with van der Waals surface area (Å²) in [5.41, 5.74) is 0.671. The van der Waals surface area contributed by atoms with Crippen LogP contribution in [-0.4, -0.2) is 30.7 Å². The largest absolute Gasteiger partial charge is 0.365 e. The molecule has 1 rings (SSSR count). The number of carbonyl (C=O) groups is 1. The van der Waals surface area contributed by atoms with Gasteiger partial charge in [-0.05, 0) is 13.8 Å². The molecule has 0 aromatic rings. The molecular formula is C7H10N2O2. The molecule has 0 aliphatic carbocycles. The van der Waals surface area contributed by atoms with E-state index < -0.39 is 6.10 Å². The molecule has 0 N–H and O–H groups in total. The molecule has 1 atom stereocenters. The number of aliphatic imine (C=N–C) groups is 2. The maximum absolute atomic E-state index is 11.1. The highest BCUT2D eigenvalue weighted by molar-refractivity contribution is 6.16. The summed E-state index contributed by atoms with van der Waals surface area (Å²) in [6, 6.07) is 0. The molecule has 0 aromatic carbocycles. The van der Waals surface area contributed by atoms with E-state index in [1.165, 1.54) is 7.11 Å². The van der Waals surface area contributed by atoms with Gasteiger partial charge in [-0.15, -0.1) is 0 Å². The molecule has 0 spiro atoms. The molecular weight excluding hydrogens is 144 g/mol. The molecule has 11 heavy (non-hydrogen) atoms. The van der Waals surface area contributed by atoms with E-state index in [2.05, 4.69) is 9.98 Å². The number of amides is 1. The van der Waals surface area contributed by atoms with Gasteiger partial charge >= 0.3 is 0 Å². The first-order chi connectivity index (χ1) is 5.15. The minimum Gasteiger partial charge on any atom is -0.365 e. The van der Waals surface area contributed by atoms with Gasteiger partial charge < -0.3 is 4.74 Å². The third-order valence-electron chi connectivity index (χ3n) is 1.45. The molecule has 4 nitrogen and oxygen atoms in total. The molecule has 4 heteroatoms. The van der Waals surface area contributed by atoms with Gasteiger partial charge in [0.15, 0.2) is 6.10 Å². The van der Waals surface area contributed by atoms with Crippen LogP contribution in [0.5, 0.6) is 0 Å². The lowest BCUT2D eigenvalue weighted by Crippen LogP contribution is -2.33. The Hall–Kier alpha value is -1.03. The lowest BCUT2D eigenvalue weighted by atomic mass is 10.2. The molecule has 1 heterocycles. The lowest BCUT2D eigenvalue weighted by Gasteiger charge is -2.14. The molecule has 1 unspecified atom stereocenters. The van der Waals surface area contributed by atoms with E-state index in [1.807, 2.05) is 0 Å². The Morgan fingerprint density at radius 1 is 1.36 bits per heavy atom. The highest BCUT2D eigenvalue weighted by Gasteiger charge is 2.23. The predicted octanol–water partition coefficient (Wildman–Crippen LogP) is 0.421. The average Bonchev–Trinajstić information content (AvgIpc) is 1.85. The lowest BCUT2D eigenvalue weighted by molar-refractivity contribution is -0.124. The molecule has 1 aliphatic rings. The number of rotatable bonds is 1. The summed E-state index contributed by atoms with van der Waals surface area (Å²) in [5, 5.41) is 0. The van der Waals surface area contributed by atoms with Gasteiger partial charge in [-0.2, -0.15) is 4.99 Å². The van der Waals surface area contributed by atoms with Crippen LogP contribution in [0.25, 0.3) is 0 Å². The van der Waals surface area contributed by atoms with Crippen LogP contribution in [0.15, 0.2) is 9.98 Å². The monoisotopic (exact) mass is 154 g/mol. The first kappa shape index (κ1) is 8.07. The van der Waals surface area contributed by atoms with Crippen LogP contribution in [0.2, 0.25) is 0 Å². The summed E-state index contributed by atoms with van der Waals surface area (Å²) in [4.78, 5) is 18.7. The smallest absolute Gasteiger partial charge is 0.282 e. The van der Waals surface area contributed by atoms with Crippen LogP contribution < -0.4 is 0 Å². The summed E-state index contributed by atoms with van der Waals surface area (Å²) in [5.74, 6) is 0.235. The van der Waals surface area contributed by atoms with E-state index in [4.69, 9.17) is 4.74 Å². The fraction of sp³-hybridized carbons (Fsp3) is 0.571. The second kappa shape index (κ2) is 2.92. The quantitative estimate of drug-likeness (QED) is 0.549. The maximum atomic E-state index is 11.1. The maximum Gasteiger partial charge on any atom is 0.282 e. The summed E-state index contributed by atoms with van der Waals surface area (Å²) >= 11 is 0. The number of nitrogens with zero attached hydrogens (tertiary/aromatic N) is 2. The van der Waals surface area contributed by atoms with Crippen molar-refractivity contribution in [2.45, 2.75) is 20.0 Å². The summed E-state index contributed by atoms with van der Waals surface area (Å²) in [7, 11) is 1.47. The van der Waals surface area contributed by atoms with Crippen molar-refractivity contribution >= 4 is 17.5 Å². The van der Waals surface area contributed by atoms with Gasteiger partial charge in [-0.3, -0.25) is 4.79 Å². The van der Waals surface area contributed by atoms with Crippen LogP contribution in [0.3, 0.4) is 0 Å². The topological polar surface area (TPSA) is 51.0 Å². The molecule has 0 saturated heterocycles. The van der Waals surface area contributed by atoms with E-state index >= 15 is 0 Å². The molecule has 0 saturated carbocycles. The van der Waals surface area contributed by atoms with Crippen LogP contribution in [0, 0.1) is 0 Å².